The van der Waals surface area contributed by atoms with E-state index in [0.717, 1.165) is 17.7 Å². The predicted octanol–water partition coefficient (Wildman–Crippen LogP) is 0.714. The van der Waals surface area contributed by atoms with Gasteiger partial charge in [0.1, 0.15) is 6.10 Å². The third-order valence-corrected chi connectivity index (χ3v) is 4.58. The van der Waals surface area contributed by atoms with Gasteiger partial charge in [0.15, 0.2) is 0 Å². The second-order valence-corrected chi connectivity index (χ2v) is 6.04. The van der Waals surface area contributed by atoms with E-state index in [-0.39, 0.29) is 29.1 Å². The molecule has 1 aliphatic heterocycles. The minimum absolute atomic E-state index is 0. The lowest BCUT2D eigenvalue weighted by Gasteiger charge is -2.35. The lowest BCUT2D eigenvalue weighted by molar-refractivity contribution is 0.0116. The number of amides is 4. The highest BCUT2D eigenvalue weighted by molar-refractivity contribution is 6.22. The molecule has 1 aromatic carbocycles. The Balaban J connectivity index is 0.00000243. The molecule has 0 radical (unpaired) electrons. The number of carbonyl (C=O) groups is 4. The molecule has 2 aliphatic rings. The molecule has 9 nitrogen and oxygen atoms in total. The van der Waals surface area contributed by atoms with Crippen molar-refractivity contribution < 1.29 is 23.9 Å². The zero-order valence-electron chi connectivity index (χ0n) is 13.8. The number of primary amides is 1. The first-order valence-corrected chi connectivity index (χ1v) is 7.93. The second kappa shape index (κ2) is 7.71. The Bertz CT molecular complexity index is 769. The van der Waals surface area contributed by atoms with Crippen LogP contribution in [0.15, 0.2) is 18.2 Å². The van der Waals surface area contributed by atoms with Crippen LogP contribution in [0.3, 0.4) is 0 Å². The van der Waals surface area contributed by atoms with Gasteiger partial charge >= 0.3 is 6.09 Å². The molecule has 4 amide bonds. The van der Waals surface area contributed by atoms with Gasteiger partial charge in [0, 0.05) is 5.56 Å². The van der Waals surface area contributed by atoms with Crippen molar-refractivity contribution in [2.75, 3.05) is 0 Å². The van der Waals surface area contributed by atoms with Crippen LogP contribution in [-0.2, 0) is 4.74 Å². The van der Waals surface area contributed by atoms with Crippen LogP contribution in [0.25, 0.3) is 0 Å². The molecule has 140 valence electrons. The number of halogens is 1. The number of imide groups is 1. The van der Waals surface area contributed by atoms with Crippen LogP contribution in [0.5, 0.6) is 0 Å². The average Bonchev–Trinajstić information content (AvgIpc) is 2.85. The van der Waals surface area contributed by atoms with Gasteiger partial charge < -0.3 is 10.5 Å². The molecule has 0 spiro atoms. The van der Waals surface area contributed by atoms with Crippen LogP contribution in [0, 0.1) is 0 Å². The molecule has 0 aromatic heterocycles. The van der Waals surface area contributed by atoms with Gasteiger partial charge in [-0.3, -0.25) is 24.7 Å². The average molecular weight is 383 g/mol. The quantitative estimate of drug-likeness (QED) is 0.304. The summed E-state index contributed by atoms with van der Waals surface area (Å²) in [5, 5.41) is 0. The smallest absolute Gasteiger partial charge is 0.404 e. The maximum Gasteiger partial charge on any atom is 0.404 e. The molecule has 0 unspecified atom stereocenters. The molecule has 1 aliphatic carbocycles. The number of nitrogen functional groups attached to an aromatic ring is 1. The maximum atomic E-state index is 12.8. The highest BCUT2D eigenvalue weighted by Crippen LogP contribution is 2.33. The van der Waals surface area contributed by atoms with Crippen LogP contribution in [0.4, 0.5) is 4.79 Å². The zero-order valence-corrected chi connectivity index (χ0v) is 14.6. The van der Waals surface area contributed by atoms with Crippen LogP contribution in [-0.4, -0.2) is 40.9 Å². The fraction of sp³-hybridized carbons (Fsp3) is 0.375. The normalized spacial score (nSPS) is 21.7. The number of hydrazine groups is 1. The van der Waals surface area contributed by atoms with Crippen LogP contribution < -0.4 is 17.0 Å². The number of carbonyl (C=O) groups excluding carboxylic acids is 4. The summed E-state index contributed by atoms with van der Waals surface area (Å²) in [5.41, 5.74) is 7.60. The van der Waals surface area contributed by atoms with E-state index in [9.17, 15) is 19.2 Å². The summed E-state index contributed by atoms with van der Waals surface area (Å²) in [6.45, 7) is 0. The van der Waals surface area contributed by atoms with Gasteiger partial charge in [0.25, 0.3) is 17.7 Å². The Morgan fingerprint density at radius 2 is 1.77 bits per heavy atom. The van der Waals surface area contributed by atoms with E-state index in [1.165, 1.54) is 18.2 Å². The van der Waals surface area contributed by atoms with E-state index in [1.54, 1.807) is 0 Å². The Labute approximate surface area is 155 Å². The van der Waals surface area contributed by atoms with Gasteiger partial charge in [-0.2, -0.15) is 0 Å². The van der Waals surface area contributed by atoms with E-state index in [4.69, 9.17) is 16.3 Å². The van der Waals surface area contributed by atoms with Crippen LogP contribution in [0.2, 0.25) is 0 Å². The number of ether oxygens (including phenoxy) is 1. The molecule has 1 aromatic rings. The predicted molar refractivity (Wildman–Crippen MR) is 92.6 cm³/mol. The van der Waals surface area contributed by atoms with Gasteiger partial charge in [-0.25, -0.2) is 10.6 Å². The molecule has 10 heteroatoms. The number of nitrogens with one attached hydrogen (secondary N) is 1. The Morgan fingerprint density at radius 3 is 2.42 bits per heavy atom. The van der Waals surface area contributed by atoms with Gasteiger partial charge in [-0.05, 0) is 37.5 Å². The number of rotatable bonds is 3. The van der Waals surface area contributed by atoms with Crippen molar-refractivity contribution in [3.05, 3.63) is 34.9 Å². The summed E-state index contributed by atoms with van der Waals surface area (Å²) in [6.07, 6.45) is 1.12. The van der Waals surface area contributed by atoms with E-state index in [2.05, 4.69) is 0 Å². The largest absolute Gasteiger partial charge is 0.444 e. The van der Waals surface area contributed by atoms with Crippen molar-refractivity contribution in [2.45, 2.75) is 37.8 Å². The standard InChI is InChI=1S/C16H18N4O5.ClH/c17-16(24)25-12-4-2-1-3-11(12)20-14(22)9-6-5-8(13(21)19-18)7-10(9)15(20)23;/h5-7,11-12H,1-4,18H2,(H2,17,24)(H,19,21);1H/t11-,12-;/m1./s1. The number of hydrogen-bond donors (Lipinski definition) is 3. The summed E-state index contributed by atoms with van der Waals surface area (Å²) in [4.78, 5) is 49.3. The molecule has 5 N–H and O–H groups in total. The van der Waals surface area contributed by atoms with Crippen molar-refractivity contribution in [3.8, 4) is 0 Å². The number of fused-ring (bicyclic) bond motifs is 1. The summed E-state index contributed by atoms with van der Waals surface area (Å²) < 4.78 is 5.10. The molecule has 1 heterocycles. The van der Waals surface area contributed by atoms with Gasteiger partial charge in [-0.1, -0.05) is 6.42 Å². The van der Waals surface area contributed by atoms with Crippen molar-refractivity contribution >= 4 is 36.2 Å². The Morgan fingerprint density at radius 1 is 1.12 bits per heavy atom. The lowest BCUT2D eigenvalue weighted by Crippen LogP contribution is -2.50. The Hall–Kier alpha value is -2.65. The van der Waals surface area contributed by atoms with Gasteiger partial charge in [0.2, 0.25) is 0 Å². The highest BCUT2D eigenvalue weighted by atomic mass is 35.5. The van der Waals surface area contributed by atoms with Crippen molar-refractivity contribution in [1.82, 2.24) is 10.3 Å². The van der Waals surface area contributed by atoms with E-state index in [1.807, 2.05) is 5.43 Å². The first-order chi connectivity index (χ1) is 11.9. The molecular weight excluding hydrogens is 364 g/mol. The molecule has 0 bridgehead atoms. The zero-order chi connectivity index (χ0) is 18.1. The first-order valence-electron chi connectivity index (χ1n) is 7.93. The van der Waals surface area contributed by atoms with E-state index in [0.29, 0.717) is 12.8 Å². The van der Waals surface area contributed by atoms with Crippen molar-refractivity contribution in [2.24, 2.45) is 11.6 Å². The first kappa shape index (κ1) is 19.7. The number of benzene rings is 1. The maximum absolute atomic E-state index is 12.8. The van der Waals surface area contributed by atoms with Crippen molar-refractivity contribution in [3.63, 3.8) is 0 Å². The summed E-state index contributed by atoms with van der Waals surface area (Å²) >= 11 is 0. The van der Waals surface area contributed by atoms with E-state index >= 15 is 0 Å². The molecule has 2 atom stereocenters. The lowest BCUT2D eigenvalue weighted by atomic mass is 9.91. The fourth-order valence-corrected chi connectivity index (χ4v) is 3.44. The third-order valence-electron chi connectivity index (χ3n) is 4.58. The second-order valence-electron chi connectivity index (χ2n) is 6.04. The topological polar surface area (TPSA) is 145 Å². The van der Waals surface area contributed by atoms with Gasteiger partial charge in [0.05, 0.1) is 17.2 Å². The highest BCUT2D eigenvalue weighted by Gasteiger charge is 2.44. The molecule has 1 fully saturated rings. The monoisotopic (exact) mass is 382 g/mol. The fourth-order valence-electron chi connectivity index (χ4n) is 3.44. The summed E-state index contributed by atoms with van der Waals surface area (Å²) in [5.74, 6) is 3.55. The summed E-state index contributed by atoms with van der Waals surface area (Å²) in [6, 6.07) is 3.62. The molecular formula is C16H19ClN4O5. The molecule has 26 heavy (non-hydrogen) atoms. The number of nitrogens with two attached hydrogens (primary N) is 2. The van der Waals surface area contributed by atoms with Crippen LogP contribution in [0.1, 0.15) is 56.8 Å². The molecule has 1 saturated carbocycles. The molecule has 0 saturated heterocycles. The summed E-state index contributed by atoms with van der Waals surface area (Å²) in [7, 11) is 0. The minimum atomic E-state index is -0.935. The van der Waals surface area contributed by atoms with Crippen molar-refractivity contribution in [1.29, 1.82) is 0 Å². The molecule has 3 rings (SSSR count). The number of hydrogen-bond acceptors (Lipinski definition) is 6. The number of nitrogens with zero attached hydrogens (tertiary/aromatic N) is 1. The minimum Gasteiger partial charge on any atom is -0.444 e. The SMILES string of the molecule is Cl.NNC(=O)c1ccc2c(c1)C(=O)N([C@@H]1CCCC[C@H]1OC(N)=O)C2=O. The Kier molecular flexibility index (Phi) is 5.83. The third kappa shape index (κ3) is 3.35. The van der Waals surface area contributed by atoms with Crippen LogP contribution >= 0.6 is 12.4 Å². The van der Waals surface area contributed by atoms with Gasteiger partial charge in [-0.15, -0.1) is 12.4 Å². The van der Waals surface area contributed by atoms with E-state index < -0.39 is 36.0 Å².